The molecular weight excluding hydrogens is 334 g/mol. The molecule has 1 aliphatic rings. The monoisotopic (exact) mass is 357 g/mol. The highest BCUT2D eigenvalue weighted by Gasteiger charge is 2.26. The van der Waals surface area contributed by atoms with E-state index in [1.807, 2.05) is 47.4 Å². The van der Waals surface area contributed by atoms with Crippen LogP contribution in [0.5, 0.6) is 0 Å². The minimum absolute atomic E-state index is 0.0436. The minimum Gasteiger partial charge on any atom is -0.396 e. The Bertz CT molecular complexity index is 696. The molecule has 0 bridgehead atoms. The Kier molecular flexibility index (Phi) is 6.11. The molecule has 1 N–H and O–H groups in total. The minimum atomic E-state index is -0.0436. The molecular formula is C21H24ClNO2. The highest BCUT2D eigenvalue weighted by Crippen LogP contribution is 2.33. The zero-order valence-corrected chi connectivity index (χ0v) is 15.0. The van der Waals surface area contributed by atoms with Gasteiger partial charge in [0, 0.05) is 37.1 Å². The van der Waals surface area contributed by atoms with Crippen LogP contribution >= 0.6 is 11.6 Å². The topological polar surface area (TPSA) is 40.5 Å². The largest absolute Gasteiger partial charge is 0.396 e. The van der Waals surface area contributed by atoms with Crippen molar-refractivity contribution in [3.63, 3.8) is 0 Å². The Hall–Kier alpha value is -1.84. The van der Waals surface area contributed by atoms with Gasteiger partial charge in [-0.25, -0.2) is 0 Å². The van der Waals surface area contributed by atoms with Crippen LogP contribution in [0.2, 0.25) is 5.02 Å². The quantitative estimate of drug-likeness (QED) is 0.875. The Morgan fingerprint density at radius 3 is 2.36 bits per heavy atom. The molecule has 1 aliphatic heterocycles. The molecule has 0 aromatic heterocycles. The fourth-order valence-electron chi connectivity index (χ4n) is 3.52. The molecule has 4 heteroatoms. The van der Waals surface area contributed by atoms with Gasteiger partial charge in [-0.15, -0.1) is 0 Å². The number of piperidine rings is 1. The number of likely N-dealkylation sites (tertiary alicyclic amines) is 1. The predicted molar refractivity (Wildman–Crippen MR) is 101 cm³/mol. The lowest BCUT2D eigenvalue weighted by Crippen LogP contribution is -2.39. The molecule has 2 aromatic rings. The molecule has 1 saturated heterocycles. The van der Waals surface area contributed by atoms with Crippen LogP contribution in [0.3, 0.4) is 0 Å². The van der Waals surface area contributed by atoms with Crippen molar-refractivity contribution in [3.8, 4) is 0 Å². The van der Waals surface area contributed by atoms with Gasteiger partial charge in [-0.1, -0.05) is 60.1 Å². The van der Waals surface area contributed by atoms with Crippen LogP contribution in [-0.4, -0.2) is 35.6 Å². The van der Waals surface area contributed by atoms with E-state index in [0.717, 1.165) is 37.1 Å². The van der Waals surface area contributed by atoms with Crippen molar-refractivity contribution in [1.29, 1.82) is 0 Å². The number of nitrogens with zero attached hydrogens (tertiary/aromatic N) is 1. The van der Waals surface area contributed by atoms with E-state index in [-0.39, 0.29) is 18.4 Å². The van der Waals surface area contributed by atoms with Crippen molar-refractivity contribution < 1.29 is 9.90 Å². The molecule has 0 aliphatic carbocycles. The molecule has 1 fully saturated rings. The number of aliphatic hydroxyl groups excluding tert-OH is 1. The maximum atomic E-state index is 12.9. The summed E-state index contributed by atoms with van der Waals surface area (Å²) < 4.78 is 0. The van der Waals surface area contributed by atoms with Gasteiger partial charge >= 0.3 is 0 Å². The maximum Gasteiger partial charge on any atom is 0.223 e. The van der Waals surface area contributed by atoms with Crippen molar-refractivity contribution in [2.24, 2.45) is 5.92 Å². The first kappa shape index (κ1) is 18.0. The number of rotatable bonds is 5. The van der Waals surface area contributed by atoms with E-state index < -0.39 is 0 Å². The Labute approximate surface area is 154 Å². The van der Waals surface area contributed by atoms with Crippen LogP contribution < -0.4 is 0 Å². The third-order valence-electron chi connectivity index (χ3n) is 5.09. The molecule has 3 nitrogen and oxygen atoms in total. The van der Waals surface area contributed by atoms with Gasteiger partial charge in [-0.3, -0.25) is 4.79 Å². The molecule has 1 amide bonds. The number of halogens is 1. The number of carbonyl (C=O) groups excluding carboxylic acids is 1. The van der Waals surface area contributed by atoms with Gasteiger partial charge in [0.1, 0.15) is 0 Å². The van der Waals surface area contributed by atoms with E-state index in [9.17, 15) is 9.90 Å². The van der Waals surface area contributed by atoms with Gasteiger partial charge in [0.2, 0.25) is 5.91 Å². The second-order valence-electron chi connectivity index (χ2n) is 6.70. The normalized spacial score (nSPS) is 16.6. The van der Waals surface area contributed by atoms with Crippen LogP contribution in [0, 0.1) is 5.92 Å². The van der Waals surface area contributed by atoms with Crippen LogP contribution in [0.4, 0.5) is 0 Å². The van der Waals surface area contributed by atoms with E-state index in [2.05, 4.69) is 12.1 Å². The fourth-order valence-corrected chi connectivity index (χ4v) is 3.79. The number of carbonyl (C=O) groups is 1. The van der Waals surface area contributed by atoms with Crippen LogP contribution in [0.25, 0.3) is 0 Å². The summed E-state index contributed by atoms with van der Waals surface area (Å²) in [6.45, 7) is 1.68. The zero-order valence-electron chi connectivity index (χ0n) is 14.3. The lowest BCUT2D eigenvalue weighted by molar-refractivity contribution is -0.133. The van der Waals surface area contributed by atoms with Crippen molar-refractivity contribution in [3.05, 3.63) is 70.7 Å². The summed E-state index contributed by atoms with van der Waals surface area (Å²) in [5, 5.41) is 9.97. The molecule has 1 atom stereocenters. The molecule has 0 spiro atoms. The van der Waals surface area contributed by atoms with Crippen LogP contribution in [0.1, 0.15) is 36.3 Å². The van der Waals surface area contributed by atoms with Gasteiger partial charge in [-0.2, -0.15) is 0 Å². The van der Waals surface area contributed by atoms with Crippen LogP contribution in [0.15, 0.2) is 54.6 Å². The molecule has 132 valence electrons. The molecule has 0 radical (unpaired) electrons. The van der Waals surface area contributed by atoms with Crippen LogP contribution in [-0.2, 0) is 4.79 Å². The van der Waals surface area contributed by atoms with Crippen molar-refractivity contribution in [2.75, 3.05) is 19.7 Å². The second kappa shape index (κ2) is 8.50. The molecule has 2 aromatic carbocycles. The Morgan fingerprint density at radius 1 is 1.08 bits per heavy atom. The molecule has 1 heterocycles. The summed E-state index contributed by atoms with van der Waals surface area (Å²) in [7, 11) is 0. The molecule has 25 heavy (non-hydrogen) atoms. The van der Waals surface area contributed by atoms with Gasteiger partial charge in [0.05, 0.1) is 0 Å². The first-order chi connectivity index (χ1) is 12.2. The number of hydrogen-bond acceptors (Lipinski definition) is 2. The zero-order chi connectivity index (χ0) is 17.6. The van der Waals surface area contributed by atoms with Crippen molar-refractivity contribution >= 4 is 17.5 Å². The van der Waals surface area contributed by atoms with E-state index in [1.165, 1.54) is 0 Å². The summed E-state index contributed by atoms with van der Waals surface area (Å²) in [5.41, 5.74) is 2.10. The first-order valence-corrected chi connectivity index (χ1v) is 9.25. The maximum absolute atomic E-state index is 12.9. The fraction of sp³-hybridized carbons (Fsp3) is 0.381. The summed E-state index contributed by atoms with van der Waals surface area (Å²) in [5.74, 6) is 0.445. The van der Waals surface area contributed by atoms with Crippen molar-refractivity contribution in [2.45, 2.75) is 25.2 Å². The number of amides is 1. The summed E-state index contributed by atoms with van der Waals surface area (Å²) in [6.07, 6.45) is 2.17. The molecule has 0 saturated carbocycles. The molecule has 0 unspecified atom stereocenters. The Morgan fingerprint density at radius 2 is 1.72 bits per heavy atom. The standard InChI is InChI=1S/C21H24ClNO2/c22-20-9-5-4-8-18(20)19(17-6-2-1-3-7-17)14-21(25)23-12-10-16(15-24)11-13-23/h1-9,16,19,24H,10-15H2/t19-/m0/s1. The predicted octanol–water partition coefficient (Wildman–Crippen LogP) is 4.09. The first-order valence-electron chi connectivity index (χ1n) is 8.87. The third kappa shape index (κ3) is 4.42. The molecule has 3 rings (SSSR count). The number of benzene rings is 2. The van der Waals surface area contributed by atoms with Gasteiger partial charge < -0.3 is 10.0 Å². The average molecular weight is 358 g/mol. The average Bonchev–Trinajstić information content (AvgIpc) is 2.67. The van der Waals surface area contributed by atoms with Gasteiger partial charge in [-0.05, 0) is 36.0 Å². The SMILES string of the molecule is O=C(C[C@@H](c1ccccc1)c1ccccc1Cl)N1CCC(CO)CC1. The van der Waals surface area contributed by atoms with E-state index in [0.29, 0.717) is 17.4 Å². The van der Waals surface area contributed by atoms with E-state index in [4.69, 9.17) is 11.6 Å². The number of aliphatic hydroxyl groups is 1. The van der Waals surface area contributed by atoms with Gasteiger partial charge in [0.15, 0.2) is 0 Å². The Balaban J connectivity index is 1.79. The highest BCUT2D eigenvalue weighted by atomic mass is 35.5. The summed E-state index contributed by atoms with van der Waals surface area (Å²) in [4.78, 5) is 14.8. The number of hydrogen-bond donors (Lipinski definition) is 1. The van der Waals surface area contributed by atoms with E-state index >= 15 is 0 Å². The van der Waals surface area contributed by atoms with Gasteiger partial charge in [0.25, 0.3) is 0 Å². The van der Waals surface area contributed by atoms with Crippen molar-refractivity contribution in [1.82, 2.24) is 4.90 Å². The summed E-state index contributed by atoms with van der Waals surface area (Å²) in [6, 6.07) is 17.8. The second-order valence-corrected chi connectivity index (χ2v) is 7.10. The summed E-state index contributed by atoms with van der Waals surface area (Å²) >= 11 is 6.42. The van der Waals surface area contributed by atoms with E-state index in [1.54, 1.807) is 0 Å². The lowest BCUT2D eigenvalue weighted by atomic mass is 9.87. The highest BCUT2D eigenvalue weighted by molar-refractivity contribution is 6.31. The third-order valence-corrected chi connectivity index (χ3v) is 5.43. The lowest BCUT2D eigenvalue weighted by Gasteiger charge is -2.32. The smallest absolute Gasteiger partial charge is 0.223 e.